The number of nitrogens with zero attached hydrogens (tertiary/aromatic N) is 2. The molecule has 1 aromatic rings. The molecule has 6 nitrogen and oxygen atoms in total. The largest absolute Gasteiger partial charge is 0.481 e. The SMILES string of the molecule is Cn1nc(C2CCCC2)cc1C(=O)N[C@H](CC(=O)O)CC1CCCCC1. The van der Waals surface area contributed by atoms with Gasteiger partial charge in [0, 0.05) is 19.0 Å². The Kier molecular flexibility index (Phi) is 6.33. The lowest BCUT2D eigenvalue weighted by atomic mass is 9.84. The zero-order valence-electron chi connectivity index (χ0n) is 15.7. The number of hydrogen-bond acceptors (Lipinski definition) is 3. The van der Waals surface area contributed by atoms with Gasteiger partial charge in [-0.25, -0.2) is 0 Å². The van der Waals surface area contributed by atoms with Gasteiger partial charge in [-0.1, -0.05) is 44.9 Å². The Hall–Kier alpha value is -1.85. The minimum atomic E-state index is -0.859. The van der Waals surface area contributed by atoms with Crippen LogP contribution < -0.4 is 5.32 Å². The first-order chi connectivity index (χ1) is 12.5. The van der Waals surface area contributed by atoms with Gasteiger partial charge in [-0.05, 0) is 31.2 Å². The van der Waals surface area contributed by atoms with Crippen LogP contribution in [0.2, 0.25) is 0 Å². The second-order valence-electron chi connectivity index (χ2n) is 8.07. The number of carboxylic acids is 1. The predicted molar refractivity (Wildman–Crippen MR) is 99.1 cm³/mol. The minimum absolute atomic E-state index is 0.0183. The van der Waals surface area contributed by atoms with Gasteiger partial charge in [0.2, 0.25) is 0 Å². The summed E-state index contributed by atoms with van der Waals surface area (Å²) in [5, 5.41) is 16.7. The highest BCUT2D eigenvalue weighted by Gasteiger charge is 2.26. The van der Waals surface area contributed by atoms with Gasteiger partial charge in [0.05, 0.1) is 12.1 Å². The molecule has 1 aromatic heterocycles. The van der Waals surface area contributed by atoms with E-state index < -0.39 is 5.97 Å². The van der Waals surface area contributed by atoms with Gasteiger partial charge in [0.1, 0.15) is 5.69 Å². The van der Waals surface area contributed by atoms with E-state index in [-0.39, 0.29) is 18.4 Å². The van der Waals surface area contributed by atoms with Crippen molar-refractivity contribution in [2.75, 3.05) is 0 Å². The molecular weight excluding hydrogens is 330 g/mol. The molecule has 0 saturated heterocycles. The Labute approximate surface area is 155 Å². The third-order valence-electron chi connectivity index (χ3n) is 6.00. The first kappa shape index (κ1) is 18.9. The maximum absolute atomic E-state index is 12.8. The van der Waals surface area contributed by atoms with Crippen molar-refractivity contribution in [3.05, 3.63) is 17.5 Å². The number of aromatic nitrogens is 2. The molecule has 0 bridgehead atoms. The van der Waals surface area contributed by atoms with E-state index in [4.69, 9.17) is 0 Å². The van der Waals surface area contributed by atoms with Gasteiger partial charge in [-0.15, -0.1) is 0 Å². The number of aliphatic carboxylic acids is 1. The average molecular weight is 361 g/mol. The van der Waals surface area contributed by atoms with Gasteiger partial charge in [0.15, 0.2) is 0 Å². The zero-order valence-corrected chi connectivity index (χ0v) is 15.7. The molecule has 26 heavy (non-hydrogen) atoms. The van der Waals surface area contributed by atoms with Crippen molar-refractivity contribution in [1.29, 1.82) is 0 Å². The van der Waals surface area contributed by atoms with Crippen LogP contribution in [0.25, 0.3) is 0 Å². The van der Waals surface area contributed by atoms with Crippen LogP contribution in [-0.2, 0) is 11.8 Å². The van der Waals surface area contributed by atoms with Gasteiger partial charge in [-0.3, -0.25) is 14.3 Å². The van der Waals surface area contributed by atoms with Crippen molar-refractivity contribution in [2.24, 2.45) is 13.0 Å². The van der Waals surface area contributed by atoms with Crippen LogP contribution in [0.4, 0.5) is 0 Å². The van der Waals surface area contributed by atoms with E-state index in [1.54, 1.807) is 11.7 Å². The van der Waals surface area contributed by atoms with Crippen LogP contribution >= 0.6 is 0 Å². The lowest BCUT2D eigenvalue weighted by Gasteiger charge is -2.26. The van der Waals surface area contributed by atoms with Crippen LogP contribution in [0.3, 0.4) is 0 Å². The Morgan fingerprint density at radius 1 is 1.19 bits per heavy atom. The monoisotopic (exact) mass is 361 g/mol. The van der Waals surface area contributed by atoms with Crippen molar-refractivity contribution in [3.8, 4) is 0 Å². The lowest BCUT2D eigenvalue weighted by molar-refractivity contribution is -0.137. The summed E-state index contributed by atoms with van der Waals surface area (Å²) in [6.45, 7) is 0. The smallest absolute Gasteiger partial charge is 0.305 e. The van der Waals surface area contributed by atoms with E-state index in [2.05, 4.69) is 10.4 Å². The molecule has 0 spiro atoms. The number of hydrogen-bond donors (Lipinski definition) is 2. The van der Waals surface area contributed by atoms with Crippen LogP contribution in [0, 0.1) is 5.92 Å². The maximum atomic E-state index is 12.8. The van der Waals surface area contributed by atoms with Gasteiger partial charge in [-0.2, -0.15) is 5.10 Å². The summed E-state index contributed by atoms with van der Waals surface area (Å²) in [5.41, 5.74) is 1.53. The van der Waals surface area contributed by atoms with Crippen LogP contribution in [0.5, 0.6) is 0 Å². The fourth-order valence-corrected chi connectivity index (χ4v) is 4.61. The highest BCUT2D eigenvalue weighted by atomic mass is 16.4. The van der Waals surface area contributed by atoms with Crippen LogP contribution in [0.1, 0.15) is 92.7 Å². The van der Waals surface area contributed by atoms with Crippen molar-refractivity contribution >= 4 is 11.9 Å². The number of carboxylic acid groups (broad SMARTS) is 1. The maximum Gasteiger partial charge on any atom is 0.305 e. The molecule has 2 N–H and O–H groups in total. The normalized spacial score (nSPS) is 20.2. The lowest BCUT2D eigenvalue weighted by Crippen LogP contribution is -2.39. The second kappa shape index (κ2) is 8.69. The Bertz CT molecular complexity index is 628. The number of amides is 1. The van der Waals surface area contributed by atoms with Crippen LogP contribution in [-0.4, -0.2) is 32.8 Å². The zero-order chi connectivity index (χ0) is 18.5. The molecule has 0 aliphatic heterocycles. The molecule has 1 atom stereocenters. The van der Waals surface area contributed by atoms with Crippen molar-refractivity contribution < 1.29 is 14.7 Å². The third-order valence-corrected chi connectivity index (χ3v) is 6.00. The number of carbonyl (C=O) groups excluding carboxylic acids is 1. The summed E-state index contributed by atoms with van der Waals surface area (Å²) in [7, 11) is 1.79. The molecule has 0 radical (unpaired) electrons. The third kappa shape index (κ3) is 4.86. The topological polar surface area (TPSA) is 84.2 Å². The highest BCUT2D eigenvalue weighted by Crippen LogP contribution is 2.33. The summed E-state index contributed by atoms with van der Waals surface area (Å²) in [4.78, 5) is 24.0. The highest BCUT2D eigenvalue weighted by molar-refractivity contribution is 5.93. The Morgan fingerprint density at radius 2 is 1.85 bits per heavy atom. The van der Waals surface area contributed by atoms with Crippen molar-refractivity contribution in [2.45, 2.75) is 82.6 Å². The Morgan fingerprint density at radius 3 is 2.50 bits per heavy atom. The number of rotatable bonds is 7. The van der Waals surface area contributed by atoms with E-state index in [1.807, 2.05) is 6.07 Å². The van der Waals surface area contributed by atoms with Gasteiger partial charge >= 0.3 is 5.97 Å². The molecule has 144 valence electrons. The Balaban J connectivity index is 1.65. The summed E-state index contributed by atoms with van der Waals surface area (Å²) in [6.07, 6.45) is 11.5. The van der Waals surface area contributed by atoms with Gasteiger partial charge in [0.25, 0.3) is 5.91 Å². The molecule has 1 heterocycles. The molecule has 2 fully saturated rings. The van der Waals surface area contributed by atoms with Gasteiger partial charge < -0.3 is 10.4 Å². The first-order valence-corrected chi connectivity index (χ1v) is 10.1. The summed E-state index contributed by atoms with van der Waals surface area (Å²) in [6, 6.07) is 1.58. The molecule has 1 amide bonds. The quantitative estimate of drug-likeness (QED) is 0.777. The molecular formula is C20H31N3O3. The molecule has 2 aliphatic carbocycles. The van der Waals surface area contributed by atoms with E-state index in [9.17, 15) is 14.7 Å². The molecule has 3 rings (SSSR count). The standard InChI is InChI=1S/C20H31N3O3/c1-23-18(13-17(22-23)15-9-5-6-10-15)20(26)21-16(12-19(24)25)11-14-7-3-2-4-8-14/h13-16H,2-12H2,1H3,(H,21,26)(H,24,25)/t16-/m0/s1. The van der Waals surface area contributed by atoms with E-state index >= 15 is 0 Å². The van der Waals surface area contributed by atoms with Crippen molar-refractivity contribution in [1.82, 2.24) is 15.1 Å². The number of nitrogens with one attached hydrogen (secondary N) is 1. The minimum Gasteiger partial charge on any atom is -0.481 e. The molecule has 0 aromatic carbocycles. The molecule has 2 aliphatic rings. The fraction of sp³-hybridized carbons (Fsp3) is 0.750. The summed E-state index contributed by atoms with van der Waals surface area (Å²) in [5.74, 6) is -0.0807. The number of carbonyl (C=O) groups is 2. The summed E-state index contributed by atoms with van der Waals surface area (Å²) >= 11 is 0. The molecule has 6 heteroatoms. The van der Waals surface area contributed by atoms with E-state index in [0.29, 0.717) is 17.5 Å². The summed E-state index contributed by atoms with van der Waals surface area (Å²) < 4.78 is 1.64. The first-order valence-electron chi connectivity index (χ1n) is 10.1. The fourth-order valence-electron chi connectivity index (χ4n) is 4.61. The second-order valence-corrected chi connectivity index (χ2v) is 8.07. The van der Waals surface area contributed by atoms with Crippen molar-refractivity contribution in [3.63, 3.8) is 0 Å². The predicted octanol–water partition coefficient (Wildman–Crippen LogP) is 3.62. The average Bonchev–Trinajstić information content (AvgIpc) is 3.24. The van der Waals surface area contributed by atoms with E-state index in [1.165, 1.54) is 32.1 Å². The van der Waals surface area contributed by atoms with Crippen LogP contribution in [0.15, 0.2) is 6.07 Å². The molecule has 2 saturated carbocycles. The molecule has 0 unspecified atom stereocenters. The van der Waals surface area contributed by atoms with E-state index in [0.717, 1.165) is 37.8 Å². The number of aryl methyl sites for hydroxylation is 1.